The molecule has 2 N–H and O–H groups in total. The van der Waals surface area contributed by atoms with Crippen molar-refractivity contribution in [3.8, 4) is 22.6 Å². The molecule has 4 heterocycles. The highest BCUT2D eigenvalue weighted by atomic mass is 19.1. The number of imidazole rings is 1. The number of H-pyrrole nitrogens is 2. The van der Waals surface area contributed by atoms with Crippen molar-refractivity contribution in [2.75, 3.05) is 0 Å². The molecular weight excluding hydrogens is 396 g/mol. The SMILES string of the molecule is CC(C)c1[nH]c2c(F)cc(F)cc2c1-c1nc2c([nH]1)C1C=CC=NC1c1ncccc1-2. The smallest absolute Gasteiger partial charge is 0.150 e. The molecule has 7 heteroatoms. The lowest BCUT2D eigenvalue weighted by Crippen LogP contribution is -2.18. The van der Waals surface area contributed by atoms with E-state index in [9.17, 15) is 8.78 Å². The molecule has 1 aromatic carbocycles. The minimum atomic E-state index is -0.615. The average molecular weight is 415 g/mol. The van der Waals surface area contributed by atoms with Crippen molar-refractivity contribution in [2.24, 2.45) is 4.99 Å². The molecule has 2 unspecified atom stereocenters. The van der Waals surface area contributed by atoms with Crippen molar-refractivity contribution in [3.05, 3.63) is 71.3 Å². The average Bonchev–Trinajstić information content (AvgIpc) is 3.36. The largest absolute Gasteiger partial charge is 0.355 e. The van der Waals surface area contributed by atoms with Crippen LogP contribution in [0.15, 0.2) is 47.6 Å². The normalized spacial score (nSPS) is 19.0. The van der Waals surface area contributed by atoms with Gasteiger partial charge >= 0.3 is 0 Å². The van der Waals surface area contributed by atoms with Crippen LogP contribution < -0.4 is 0 Å². The molecule has 0 radical (unpaired) electrons. The summed E-state index contributed by atoms with van der Waals surface area (Å²) in [7, 11) is 0. The second kappa shape index (κ2) is 6.44. The summed E-state index contributed by atoms with van der Waals surface area (Å²) in [5.41, 5.74) is 5.36. The van der Waals surface area contributed by atoms with Crippen LogP contribution in [0.25, 0.3) is 33.5 Å². The zero-order chi connectivity index (χ0) is 21.3. The van der Waals surface area contributed by atoms with Gasteiger partial charge in [-0.25, -0.2) is 13.8 Å². The van der Waals surface area contributed by atoms with E-state index < -0.39 is 11.6 Å². The minimum absolute atomic E-state index is 0.0233. The van der Waals surface area contributed by atoms with E-state index >= 15 is 0 Å². The van der Waals surface area contributed by atoms with E-state index in [1.54, 1.807) is 12.4 Å². The Morgan fingerprint density at radius 1 is 1.13 bits per heavy atom. The maximum absolute atomic E-state index is 14.5. The van der Waals surface area contributed by atoms with Crippen molar-refractivity contribution in [2.45, 2.75) is 31.7 Å². The zero-order valence-corrected chi connectivity index (χ0v) is 16.9. The first-order valence-electron chi connectivity index (χ1n) is 10.3. The molecule has 154 valence electrons. The number of aromatic amines is 2. The number of dihydropyridines is 1. The van der Waals surface area contributed by atoms with Crippen molar-refractivity contribution in [1.82, 2.24) is 19.9 Å². The third-order valence-electron chi connectivity index (χ3n) is 6.10. The van der Waals surface area contributed by atoms with Gasteiger partial charge in [0.25, 0.3) is 0 Å². The van der Waals surface area contributed by atoms with Crippen LogP contribution in [0.4, 0.5) is 8.78 Å². The summed E-state index contributed by atoms with van der Waals surface area (Å²) in [4.78, 5) is 20.8. The fourth-order valence-electron chi connectivity index (χ4n) is 4.74. The van der Waals surface area contributed by atoms with Gasteiger partial charge in [0.15, 0.2) is 0 Å². The molecule has 31 heavy (non-hydrogen) atoms. The van der Waals surface area contributed by atoms with Crippen LogP contribution in [-0.4, -0.2) is 26.2 Å². The third-order valence-corrected chi connectivity index (χ3v) is 6.10. The maximum Gasteiger partial charge on any atom is 0.150 e. The number of allylic oxidation sites excluding steroid dienone is 1. The van der Waals surface area contributed by atoms with Gasteiger partial charge in [0, 0.05) is 46.6 Å². The van der Waals surface area contributed by atoms with E-state index in [0.29, 0.717) is 16.8 Å². The van der Waals surface area contributed by atoms with E-state index in [-0.39, 0.29) is 23.4 Å². The first-order chi connectivity index (χ1) is 15.0. The summed E-state index contributed by atoms with van der Waals surface area (Å²) in [6.07, 6.45) is 7.58. The minimum Gasteiger partial charge on any atom is -0.355 e. The summed E-state index contributed by atoms with van der Waals surface area (Å²) in [6.45, 7) is 4.03. The summed E-state index contributed by atoms with van der Waals surface area (Å²) < 4.78 is 28.7. The predicted molar refractivity (Wildman–Crippen MR) is 116 cm³/mol. The van der Waals surface area contributed by atoms with Crippen LogP contribution >= 0.6 is 0 Å². The standard InChI is InChI=1S/C24H19F2N5/c1-11(2)18-17(15-9-12(25)10-16(26)19(15)29-18)24-30-22-13-5-3-7-27-20(13)21-14(23(22)31-24)6-4-8-28-21/h3-11,13,20,29H,1-2H3,(H,30,31). The molecule has 2 aliphatic rings. The lowest BCUT2D eigenvalue weighted by Gasteiger charge is -2.28. The Balaban J connectivity index is 1.64. The molecule has 0 fully saturated rings. The fraction of sp³-hybridized carbons (Fsp3) is 0.208. The molecule has 6 rings (SSSR count). The Kier molecular flexibility index (Phi) is 3.78. The van der Waals surface area contributed by atoms with E-state index in [2.05, 4.69) is 26.0 Å². The summed E-state index contributed by atoms with van der Waals surface area (Å²) >= 11 is 0. The van der Waals surface area contributed by atoms with E-state index in [4.69, 9.17) is 4.98 Å². The van der Waals surface area contributed by atoms with Gasteiger partial charge in [-0.15, -0.1) is 0 Å². The molecule has 3 aromatic heterocycles. The highest BCUT2D eigenvalue weighted by Crippen LogP contribution is 2.48. The first-order valence-corrected chi connectivity index (χ1v) is 10.3. The number of halogens is 2. The lowest BCUT2D eigenvalue weighted by atomic mass is 9.82. The van der Waals surface area contributed by atoms with Crippen molar-refractivity contribution in [3.63, 3.8) is 0 Å². The highest BCUT2D eigenvalue weighted by Gasteiger charge is 2.37. The molecule has 0 spiro atoms. The Bertz CT molecular complexity index is 1410. The Hall–Kier alpha value is -3.61. The first kappa shape index (κ1) is 18.2. The van der Waals surface area contributed by atoms with Gasteiger partial charge in [-0.05, 0) is 30.2 Å². The maximum atomic E-state index is 14.5. The topological polar surface area (TPSA) is 69.7 Å². The Morgan fingerprint density at radius 2 is 2.00 bits per heavy atom. The van der Waals surface area contributed by atoms with Crippen LogP contribution in [0, 0.1) is 11.6 Å². The van der Waals surface area contributed by atoms with Crippen molar-refractivity contribution in [1.29, 1.82) is 0 Å². The summed E-state index contributed by atoms with van der Waals surface area (Å²) in [6, 6.07) is 6.02. The quantitative estimate of drug-likeness (QED) is 0.434. The molecule has 1 aliphatic carbocycles. The van der Waals surface area contributed by atoms with Crippen LogP contribution in [0.1, 0.15) is 48.8 Å². The van der Waals surface area contributed by atoms with Gasteiger partial charge in [0.05, 0.1) is 22.6 Å². The zero-order valence-electron chi connectivity index (χ0n) is 16.9. The molecule has 5 nitrogen and oxygen atoms in total. The molecule has 0 bridgehead atoms. The third kappa shape index (κ3) is 2.55. The molecule has 0 saturated carbocycles. The van der Waals surface area contributed by atoms with E-state index in [0.717, 1.165) is 34.4 Å². The predicted octanol–water partition coefficient (Wildman–Crippen LogP) is 5.80. The second-order valence-electron chi connectivity index (χ2n) is 8.32. The monoisotopic (exact) mass is 415 g/mol. The van der Waals surface area contributed by atoms with Gasteiger partial charge in [-0.2, -0.15) is 0 Å². The highest BCUT2D eigenvalue weighted by molar-refractivity contribution is 5.97. The van der Waals surface area contributed by atoms with Gasteiger partial charge in [-0.3, -0.25) is 9.98 Å². The van der Waals surface area contributed by atoms with Gasteiger partial charge in [0.2, 0.25) is 0 Å². The number of hydrogen-bond donors (Lipinski definition) is 2. The number of benzene rings is 1. The number of fused-ring (bicyclic) bond motifs is 7. The van der Waals surface area contributed by atoms with Gasteiger partial charge in [-0.1, -0.05) is 19.9 Å². The fourth-order valence-corrected chi connectivity index (χ4v) is 4.74. The molecule has 2 atom stereocenters. The van der Waals surface area contributed by atoms with Crippen LogP contribution in [0.5, 0.6) is 0 Å². The number of hydrogen-bond acceptors (Lipinski definition) is 3. The number of nitrogens with one attached hydrogen (secondary N) is 2. The Morgan fingerprint density at radius 3 is 2.84 bits per heavy atom. The number of nitrogens with zero attached hydrogens (tertiary/aromatic N) is 3. The van der Waals surface area contributed by atoms with Crippen LogP contribution in [-0.2, 0) is 0 Å². The van der Waals surface area contributed by atoms with Gasteiger partial charge in [0.1, 0.15) is 23.5 Å². The molecule has 0 amide bonds. The number of aliphatic imine (C=N–C) groups is 1. The number of pyridine rings is 1. The van der Waals surface area contributed by atoms with Crippen LogP contribution in [0.2, 0.25) is 0 Å². The summed E-state index contributed by atoms with van der Waals surface area (Å²) in [5, 5.41) is 0.479. The summed E-state index contributed by atoms with van der Waals surface area (Å²) in [5.74, 6) is -0.601. The van der Waals surface area contributed by atoms with E-state index in [1.165, 1.54) is 6.07 Å². The number of aromatic nitrogens is 4. The van der Waals surface area contributed by atoms with Crippen LogP contribution in [0.3, 0.4) is 0 Å². The van der Waals surface area contributed by atoms with Crippen molar-refractivity contribution < 1.29 is 8.78 Å². The van der Waals surface area contributed by atoms with Crippen molar-refractivity contribution >= 4 is 17.1 Å². The lowest BCUT2D eigenvalue weighted by molar-refractivity contribution is 0.590. The molecule has 1 aliphatic heterocycles. The molecular formula is C24H19F2N5. The Labute approximate surface area is 177 Å². The van der Waals surface area contributed by atoms with E-state index in [1.807, 2.05) is 32.1 Å². The van der Waals surface area contributed by atoms with Gasteiger partial charge < -0.3 is 9.97 Å². The molecule has 0 saturated heterocycles. The molecule has 4 aromatic rings. The number of rotatable bonds is 2. The second-order valence-corrected chi connectivity index (χ2v) is 8.32.